The maximum atomic E-state index is 12.1. The van der Waals surface area contributed by atoms with Crippen LogP contribution in [0.2, 0.25) is 0 Å². The smallest absolute Gasteiger partial charge is 0.410 e. The van der Waals surface area contributed by atoms with E-state index in [2.05, 4.69) is 4.98 Å². The second-order valence-electron chi connectivity index (χ2n) is 5.63. The fourth-order valence-electron chi connectivity index (χ4n) is 2.44. The summed E-state index contributed by atoms with van der Waals surface area (Å²) in [6, 6.07) is 13.1. The maximum absolute atomic E-state index is 12.1. The van der Waals surface area contributed by atoms with Gasteiger partial charge < -0.3 is 19.5 Å². The Labute approximate surface area is 140 Å². The number of aromatic nitrogens is 1. The van der Waals surface area contributed by atoms with Crippen LogP contribution in [0.5, 0.6) is 5.75 Å². The summed E-state index contributed by atoms with van der Waals surface area (Å²) in [5.41, 5.74) is 1.56. The van der Waals surface area contributed by atoms with E-state index in [-0.39, 0.29) is 25.3 Å². The van der Waals surface area contributed by atoms with Gasteiger partial charge in [-0.15, -0.1) is 0 Å². The van der Waals surface area contributed by atoms with Gasteiger partial charge in [0.1, 0.15) is 19.0 Å². The molecule has 1 saturated heterocycles. The molecule has 1 aromatic carbocycles. The molecular weight excluding hydrogens is 308 g/mol. The Bertz CT molecular complexity index is 660. The molecule has 6 heteroatoms. The summed E-state index contributed by atoms with van der Waals surface area (Å²) < 4.78 is 11.0. The van der Waals surface area contributed by atoms with Crippen molar-refractivity contribution in [3.05, 3.63) is 59.9 Å². The first-order valence-electron chi connectivity index (χ1n) is 7.92. The lowest BCUT2D eigenvalue weighted by molar-refractivity contribution is 0.0259. The summed E-state index contributed by atoms with van der Waals surface area (Å²) in [6.45, 7) is 1.27. The molecule has 0 saturated carbocycles. The average Bonchev–Trinajstić information content (AvgIpc) is 2.60. The highest BCUT2D eigenvalue weighted by molar-refractivity contribution is 5.69. The molecule has 0 spiro atoms. The average molecular weight is 328 g/mol. The molecule has 3 rings (SSSR count). The number of amides is 1. The number of aliphatic hydroxyl groups is 1. The first-order valence-corrected chi connectivity index (χ1v) is 7.92. The predicted octanol–water partition coefficient (Wildman–Crippen LogP) is 2.36. The van der Waals surface area contributed by atoms with Gasteiger partial charge in [-0.05, 0) is 24.1 Å². The third kappa shape index (κ3) is 4.02. The number of carbonyl (C=O) groups excluding carboxylic acids is 1. The van der Waals surface area contributed by atoms with Crippen LogP contribution >= 0.6 is 0 Å². The van der Waals surface area contributed by atoms with E-state index in [9.17, 15) is 4.79 Å². The second kappa shape index (κ2) is 7.79. The molecule has 2 heterocycles. The van der Waals surface area contributed by atoms with E-state index in [0.717, 1.165) is 12.0 Å². The van der Waals surface area contributed by atoms with Crippen LogP contribution in [0, 0.1) is 0 Å². The van der Waals surface area contributed by atoms with Crippen LogP contribution in [-0.2, 0) is 18.0 Å². The molecule has 126 valence electrons. The van der Waals surface area contributed by atoms with Gasteiger partial charge in [-0.25, -0.2) is 4.79 Å². The Morgan fingerprint density at radius 3 is 2.71 bits per heavy atom. The molecule has 0 unspecified atom stereocenters. The van der Waals surface area contributed by atoms with E-state index in [0.29, 0.717) is 24.6 Å². The zero-order valence-corrected chi connectivity index (χ0v) is 13.3. The molecule has 1 aromatic heterocycles. The molecule has 0 aliphatic carbocycles. The van der Waals surface area contributed by atoms with Gasteiger partial charge in [-0.2, -0.15) is 0 Å². The summed E-state index contributed by atoms with van der Waals surface area (Å²) >= 11 is 0. The van der Waals surface area contributed by atoms with Crippen LogP contribution in [0.15, 0.2) is 48.7 Å². The Kier molecular flexibility index (Phi) is 5.28. The Balaban J connectivity index is 1.44. The topological polar surface area (TPSA) is 71.9 Å². The predicted molar refractivity (Wildman–Crippen MR) is 87.4 cm³/mol. The van der Waals surface area contributed by atoms with Crippen molar-refractivity contribution in [3.8, 4) is 5.75 Å². The van der Waals surface area contributed by atoms with Gasteiger partial charge in [0.2, 0.25) is 0 Å². The van der Waals surface area contributed by atoms with Crippen LogP contribution < -0.4 is 4.74 Å². The highest BCUT2D eigenvalue weighted by atomic mass is 16.6. The zero-order valence-electron chi connectivity index (χ0n) is 13.3. The number of ether oxygens (including phenoxy) is 2. The number of hydrogen-bond acceptors (Lipinski definition) is 5. The van der Waals surface area contributed by atoms with Gasteiger partial charge >= 0.3 is 6.09 Å². The van der Waals surface area contributed by atoms with Crippen molar-refractivity contribution in [1.29, 1.82) is 0 Å². The molecule has 6 nitrogen and oxygen atoms in total. The molecule has 24 heavy (non-hydrogen) atoms. The number of nitrogens with zero attached hydrogens (tertiary/aromatic N) is 2. The molecule has 0 bridgehead atoms. The van der Waals surface area contributed by atoms with Gasteiger partial charge in [0.05, 0.1) is 24.5 Å². The Morgan fingerprint density at radius 2 is 2.08 bits per heavy atom. The summed E-state index contributed by atoms with van der Waals surface area (Å²) in [7, 11) is 0. The fraction of sp³-hybridized carbons (Fsp3) is 0.333. The SMILES string of the molecule is O=C(OCc1ccccc1)N1CC[C@@H]1COc1ccc(CO)nc1. The minimum atomic E-state index is -0.313. The summed E-state index contributed by atoms with van der Waals surface area (Å²) in [5, 5.41) is 8.96. The van der Waals surface area contributed by atoms with Crippen molar-refractivity contribution in [1.82, 2.24) is 9.88 Å². The van der Waals surface area contributed by atoms with E-state index in [1.165, 1.54) is 0 Å². The number of benzene rings is 1. The second-order valence-corrected chi connectivity index (χ2v) is 5.63. The summed E-state index contributed by atoms with van der Waals surface area (Å²) in [4.78, 5) is 17.8. The molecule has 1 atom stereocenters. The number of rotatable bonds is 6. The van der Waals surface area contributed by atoms with E-state index in [1.54, 1.807) is 23.2 Å². The van der Waals surface area contributed by atoms with Gasteiger partial charge in [0.25, 0.3) is 0 Å². The van der Waals surface area contributed by atoms with Crippen LogP contribution in [0.25, 0.3) is 0 Å². The van der Waals surface area contributed by atoms with E-state index in [4.69, 9.17) is 14.6 Å². The van der Waals surface area contributed by atoms with E-state index in [1.807, 2.05) is 30.3 Å². The molecule has 1 N–H and O–H groups in total. The van der Waals surface area contributed by atoms with Gasteiger partial charge in [-0.3, -0.25) is 4.98 Å². The number of aliphatic hydroxyl groups excluding tert-OH is 1. The largest absolute Gasteiger partial charge is 0.490 e. The normalized spacial score (nSPS) is 16.4. The molecule has 0 radical (unpaired) electrons. The molecule has 1 fully saturated rings. The number of carbonyl (C=O) groups is 1. The molecular formula is C18H20N2O4. The molecule has 1 amide bonds. The lowest BCUT2D eigenvalue weighted by Gasteiger charge is -2.39. The van der Waals surface area contributed by atoms with Gasteiger partial charge in [0.15, 0.2) is 0 Å². The maximum Gasteiger partial charge on any atom is 0.410 e. The third-order valence-electron chi connectivity index (χ3n) is 3.99. The van der Waals surface area contributed by atoms with Gasteiger partial charge in [-0.1, -0.05) is 30.3 Å². The van der Waals surface area contributed by atoms with Crippen LogP contribution in [0.4, 0.5) is 4.79 Å². The molecule has 2 aromatic rings. The van der Waals surface area contributed by atoms with Crippen molar-refractivity contribution >= 4 is 6.09 Å². The van der Waals surface area contributed by atoms with Gasteiger partial charge in [0, 0.05) is 6.54 Å². The zero-order chi connectivity index (χ0) is 16.8. The Hall–Kier alpha value is -2.60. The van der Waals surface area contributed by atoms with E-state index < -0.39 is 0 Å². The minimum Gasteiger partial charge on any atom is -0.490 e. The number of hydrogen-bond donors (Lipinski definition) is 1. The van der Waals surface area contributed by atoms with Crippen molar-refractivity contribution in [2.75, 3.05) is 13.2 Å². The van der Waals surface area contributed by atoms with Crippen molar-refractivity contribution in [2.24, 2.45) is 0 Å². The first kappa shape index (κ1) is 16.3. The number of likely N-dealkylation sites (tertiary alicyclic amines) is 1. The lowest BCUT2D eigenvalue weighted by atomic mass is 10.1. The molecule has 1 aliphatic rings. The third-order valence-corrected chi connectivity index (χ3v) is 3.99. The van der Waals surface area contributed by atoms with Crippen LogP contribution in [0.1, 0.15) is 17.7 Å². The monoisotopic (exact) mass is 328 g/mol. The quantitative estimate of drug-likeness (QED) is 0.881. The summed E-state index contributed by atoms with van der Waals surface area (Å²) in [5.74, 6) is 0.622. The van der Waals surface area contributed by atoms with Crippen molar-refractivity contribution in [2.45, 2.75) is 25.7 Å². The highest BCUT2D eigenvalue weighted by Crippen LogP contribution is 2.20. The first-order chi connectivity index (χ1) is 11.8. The minimum absolute atomic E-state index is 0.0193. The lowest BCUT2D eigenvalue weighted by Crippen LogP contribution is -2.54. The van der Waals surface area contributed by atoms with Crippen molar-refractivity contribution in [3.63, 3.8) is 0 Å². The van der Waals surface area contributed by atoms with E-state index >= 15 is 0 Å². The molecule has 1 aliphatic heterocycles. The van der Waals surface area contributed by atoms with Crippen LogP contribution in [0.3, 0.4) is 0 Å². The Morgan fingerprint density at radius 1 is 1.25 bits per heavy atom. The standard InChI is InChI=1S/C18H20N2O4/c21-11-15-6-7-17(10-19-15)23-13-16-8-9-20(16)18(22)24-12-14-4-2-1-3-5-14/h1-7,10,16,21H,8-9,11-13H2/t16-/m1/s1. The summed E-state index contributed by atoms with van der Waals surface area (Å²) in [6.07, 6.45) is 2.15. The number of pyridine rings is 1. The fourth-order valence-corrected chi connectivity index (χ4v) is 2.44. The highest BCUT2D eigenvalue weighted by Gasteiger charge is 2.33. The van der Waals surface area contributed by atoms with Crippen molar-refractivity contribution < 1.29 is 19.4 Å². The van der Waals surface area contributed by atoms with Crippen LogP contribution in [-0.4, -0.2) is 40.3 Å².